The summed E-state index contributed by atoms with van der Waals surface area (Å²) in [6.45, 7) is 2.10. The molecule has 134 valence electrons. The first-order valence-electron chi connectivity index (χ1n) is 8.23. The standard InChI is InChI=1S/C20H17F3N2O/c1-2-6-14-7-3-4-8-16(14)17-9-5-12-24-19(17)26-15-10-11-18(25-13-15)20(21,22)23/h3-5,7-13H,2,6H2,1H3. The Balaban J connectivity index is 1.94. The highest BCUT2D eigenvalue weighted by Gasteiger charge is 2.32. The lowest BCUT2D eigenvalue weighted by Gasteiger charge is -2.13. The first kappa shape index (κ1) is 17.9. The fraction of sp³-hybridized carbons (Fsp3) is 0.200. The van der Waals surface area contributed by atoms with E-state index in [1.807, 2.05) is 24.3 Å². The van der Waals surface area contributed by atoms with E-state index in [1.54, 1.807) is 12.3 Å². The Morgan fingerprint density at radius 3 is 2.38 bits per heavy atom. The van der Waals surface area contributed by atoms with Gasteiger partial charge in [-0.2, -0.15) is 13.2 Å². The van der Waals surface area contributed by atoms with Gasteiger partial charge in [0, 0.05) is 11.8 Å². The molecule has 6 heteroatoms. The predicted octanol–water partition coefficient (Wildman–Crippen LogP) is 5.91. The summed E-state index contributed by atoms with van der Waals surface area (Å²) in [4.78, 5) is 7.67. The fourth-order valence-electron chi connectivity index (χ4n) is 2.67. The molecule has 3 nitrogen and oxygen atoms in total. The molecule has 3 rings (SSSR count). The van der Waals surface area contributed by atoms with Crippen LogP contribution < -0.4 is 4.74 Å². The Kier molecular flexibility index (Phi) is 5.21. The molecule has 0 amide bonds. The van der Waals surface area contributed by atoms with Crippen LogP contribution in [-0.2, 0) is 12.6 Å². The van der Waals surface area contributed by atoms with E-state index in [9.17, 15) is 13.2 Å². The van der Waals surface area contributed by atoms with Crippen molar-refractivity contribution in [3.8, 4) is 22.8 Å². The van der Waals surface area contributed by atoms with E-state index in [2.05, 4.69) is 23.0 Å². The van der Waals surface area contributed by atoms with Gasteiger partial charge in [-0.15, -0.1) is 0 Å². The average Bonchev–Trinajstić information content (AvgIpc) is 2.63. The van der Waals surface area contributed by atoms with Gasteiger partial charge in [-0.1, -0.05) is 37.6 Å². The van der Waals surface area contributed by atoms with Crippen molar-refractivity contribution in [2.45, 2.75) is 25.9 Å². The number of ether oxygens (including phenoxy) is 1. The largest absolute Gasteiger partial charge is 0.437 e. The molecule has 0 spiro atoms. The van der Waals surface area contributed by atoms with Crippen molar-refractivity contribution in [2.75, 3.05) is 0 Å². The van der Waals surface area contributed by atoms with Gasteiger partial charge in [0.1, 0.15) is 11.4 Å². The third-order valence-electron chi connectivity index (χ3n) is 3.84. The van der Waals surface area contributed by atoms with E-state index >= 15 is 0 Å². The molecule has 0 unspecified atom stereocenters. The van der Waals surface area contributed by atoms with Crippen LogP contribution in [0.1, 0.15) is 24.6 Å². The molecular formula is C20H17F3N2O. The third kappa shape index (κ3) is 4.02. The van der Waals surface area contributed by atoms with Gasteiger partial charge in [0.25, 0.3) is 0 Å². The smallest absolute Gasteiger partial charge is 0.433 e. The summed E-state index contributed by atoms with van der Waals surface area (Å²) in [6.07, 6.45) is 0.0639. The Morgan fingerprint density at radius 1 is 0.923 bits per heavy atom. The van der Waals surface area contributed by atoms with Crippen LogP contribution in [0.3, 0.4) is 0 Å². The minimum atomic E-state index is -4.48. The molecule has 0 fully saturated rings. The number of rotatable bonds is 5. The zero-order valence-electron chi connectivity index (χ0n) is 14.1. The van der Waals surface area contributed by atoms with E-state index in [0.717, 1.165) is 36.2 Å². The van der Waals surface area contributed by atoms with Crippen LogP contribution in [0.15, 0.2) is 60.9 Å². The SMILES string of the molecule is CCCc1ccccc1-c1cccnc1Oc1ccc(C(F)(F)F)nc1. The molecule has 0 saturated heterocycles. The monoisotopic (exact) mass is 358 g/mol. The number of benzene rings is 1. The lowest BCUT2D eigenvalue weighted by molar-refractivity contribution is -0.141. The zero-order chi connectivity index (χ0) is 18.6. The lowest BCUT2D eigenvalue weighted by Crippen LogP contribution is -2.07. The summed E-state index contributed by atoms with van der Waals surface area (Å²) in [5, 5.41) is 0. The maximum Gasteiger partial charge on any atom is 0.433 e. The second kappa shape index (κ2) is 7.56. The highest BCUT2D eigenvalue weighted by molar-refractivity contribution is 5.72. The second-order valence-electron chi connectivity index (χ2n) is 5.74. The van der Waals surface area contributed by atoms with Crippen LogP contribution in [0.25, 0.3) is 11.1 Å². The molecule has 2 heterocycles. The summed E-state index contributed by atoms with van der Waals surface area (Å²) >= 11 is 0. The molecule has 0 aliphatic carbocycles. The molecule has 3 aromatic rings. The molecular weight excluding hydrogens is 341 g/mol. The summed E-state index contributed by atoms with van der Waals surface area (Å²) in [5.74, 6) is 0.531. The molecule has 0 aliphatic heterocycles. The molecule has 0 radical (unpaired) electrons. The van der Waals surface area contributed by atoms with Gasteiger partial charge in [0.15, 0.2) is 0 Å². The van der Waals surface area contributed by atoms with Crippen LogP contribution in [0.4, 0.5) is 13.2 Å². The van der Waals surface area contributed by atoms with Gasteiger partial charge in [-0.05, 0) is 41.8 Å². The second-order valence-corrected chi connectivity index (χ2v) is 5.74. The van der Waals surface area contributed by atoms with Crippen LogP contribution >= 0.6 is 0 Å². The van der Waals surface area contributed by atoms with Crippen molar-refractivity contribution >= 4 is 0 Å². The molecule has 0 bridgehead atoms. The van der Waals surface area contributed by atoms with Crippen LogP contribution in [-0.4, -0.2) is 9.97 Å². The van der Waals surface area contributed by atoms with E-state index < -0.39 is 11.9 Å². The van der Waals surface area contributed by atoms with Crippen molar-refractivity contribution < 1.29 is 17.9 Å². The lowest BCUT2D eigenvalue weighted by atomic mass is 9.98. The van der Waals surface area contributed by atoms with Crippen molar-refractivity contribution in [1.82, 2.24) is 9.97 Å². The third-order valence-corrected chi connectivity index (χ3v) is 3.84. The normalized spacial score (nSPS) is 11.4. The highest BCUT2D eigenvalue weighted by atomic mass is 19.4. The molecule has 0 saturated carbocycles. The molecule has 0 atom stereocenters. The van der Waals surface area contributed by atoms with Gasteiger partial charge < -0.3 is 4.74 Å². The highest BCUT2D eigenvalue weighted by Crippen LogP contribution is 2.34. The minimum Gasteiger partial charge on any atom is -0.437 e. The first-order valence-corrected chi connectivity index (χ1v) is 8.23. The predicted molar refractivity (Wildman–Crippen MR) is 93.0 cm³/mol. The molecule has 26 heavy (non-hydrogen) atoms. The van der Waals surface area contributed by atoms with Crippen molar-refractivity contribution in [2.24, 2.45) is 0 Å². The average molecular weight is 358 g/mol. The zero-order valence-corrected chi connectivity index (χ0v) is 14.1. The van der Waals surface area contributed by atoms with Crippen LogP contribution in [0, 0.1) is 0 Å². The van der Waals surface area contributed by atoms with Gasteiger partial charge in [-0.25, -0.2) is 9.97 Å². The van der Waals surface area contributed by atoms with Crippen LogP contribution in [0.5, 0.6) is 11.6 Å². The van der Waals surface area contributed by atoms with Gasteiger partial charge >= 0.3 is 6.18 Å². The van der Waals surface area contributed by atoms with Crippen LogP contribution in [0.2, 0.25) is 0 Å². The maximum atomic E-state index is 12.6. The maximum absolute atomic E-state index is 12.6. The number of aromatic nitrogens is 2. The van der Waals surface area contributed by atoms with Crippen molar-refractivity contribution in [3.05, 3.63) is 72.2 Å². The molecule has 0 N–H and O–H groups in total. The van der Waals surface area contributed by atoms with E-state index in [-0.39, 0.29) is 5.75 Å². The number of hydrogen-bond acceptors (Lipinski definition) is 3. The Hall–Kier alpha value is -2.89. The van der Waals surface area contributed by atoms with Crippen molar-refractivity contribution in [3.63, 3.8) is 0 Å². The molecule has 1 aromatic carbocycles. The van der Waals surface area contributed by atoms with Crippen molar-refractivity contribution in [1.29, 1.82) is 0 Å². The Bertz CT molecular complexity index is 877. The Labute approximate surface area is 149 Å². The first-order chi connectivity index (χ1) is 12.5. The number of nitrogens with zero attached hydrogens (tertiary/aromatic N) is 2. The molecule has 0 aliphatic rings. The number of hydrogen-bond donors (Lipinski definition) is 0. The van der Waals surface area contributed by atoms with E-state index in [4.69, 9.17) is 4.74 Å². The minimum absolute atomic E-state index is 0.200. The number of aryl methyl sites for hydroxylation is 1. The summed E-state index contributed by atoms with van der Waals surface area (Å²) < 4.78 is 43.6. The summed E-state index contributed by atoms with van der Waals surface area (Å²) in [6, 6.07) is 13.8. The number of halogens is 3. The molecule has 2 aromatic heterocycles. The number of pyridine rings is 2. The quantitative estimate of drug-likeness (QED) is 0.569. The summed E-state index contributed by atoms with van der Waals surface area (Å²) in [5.41, 5.74) is 1.99. The van der Waals surface area contributed by atoms with Gasteiger partial charge in [-0.3, -0.25) is 0 Å². The topological polar surface area (TPSA) is 35.0 Å². The summed E-state index contributed by atoms with van der Waals surface area (Å²) in [7, 11) is 0. The number of alkyl halides is 3. The van der Waals surface area contributed by atoms with E-state index in [0.29, 0.717) is 5.88 Å². The van der Waals surface area contributed by atoms with E-state index in [1.165, 1.54) is 11.6 Å². The Morgan fingerprint density at radius 2 is 1.69 bits per heavy atom. The van der Waals surface area contributed by atoms with Gasteiger partial charge in [0.2, 0.25) is 5.88 Å². The fourth-order valence-corrected chi connectivity index (χ4v) is 2.67. The van der Waals surface area contributed by atoms with Gasteiger partial charge in [0.05, 0.1) is 6.20 Å².